The molecule has 0 bridgehead atoms. The number of barbiturate groups is 1. The van der Waals surface area contributed by atoms with Crippen molar-refractivity contribution in [2.24, 2.45) is 0 Å². The molecule has 0 aromatic heterocycles. The van der Waals surface area contributed by atoms with Crippen LogP contribution in [0, 0.1) is 0 Å². The molecule has 31 heavy (non-hydrogen) atoms. The van der Waals surface area contributed by atoms with Crippen LogP contribution in [0.1, 0.15) is 12.5 Å². The maximum atomic E-state index is 11.9. The zero-order valence-electron chi connectivity index (χ0n) is 17.1. The van der Waals surface area contributed by atoms with Crippen LogP contribution in [0.4, 0.5) is 4.79 Å². The first-order valence-electron chi connectivity index (χ1n) is 9.55. The van der Waals surface area contributed by atoms with Crippen molar-refractivity contribution in [1.82, 2.24) is 10.6 Å². The molecule has 0 atom stereocenters. The zero-order chi connectivity index (χ0) is 22.2. The van der Waals surface area contributed by atoms with E-state index in [1.54, 1.807) is 49.6 Å². The summed E-state index contributed by atoms with van der Waals surface area (Å²) in [6, 6.07) is 11.4. The molecule has 2 aromatic rings. The minimum Gasteiger partial charge on any atom is -0.497 e. The summed E-state index contributed by atoms with van der Waals surface area (Å²) in [5.41, 5.74) is 0.364. The number of benzene rings is 2. The summed E-state index contributed by atoms with van der Waals surface area (Å²) in [7, 11) is 1.60. The normalized spacial score (nSPS) is 13.2. The Kier molecular flexibility index (Phi) is 7.10. The summed E-state index contributed by atoms with van der Waals surface area (Å²) in [6.07, 6.45) is 1.37. The van der Waals surface area contributed by atoms with E-state index in [0.717, 1.165) is 5.75 Å². The molecular weight excluding hydrogens is 404 g/mol. The van der Waals surface area contributed by atoms with Gasteiger partial charge in [0.25, 0.3) is 11.8 Å². The SMILES string of the molecule is CCOc1cc(C=C2C(=O)NC(=O)NC2=O)ccc1OCCOc1ccc(OC)cc1. The quantitative estimate of drug-likeness (QED) is 0.359. The number of carbonyl (C=O) groups excluding carboxylic acids is 3. The molecule has 0 unspecified atom stereocenters. The standard InChI is InChI=1S/C22H22N2O7/c1-3-29-19-13-14(12-17-20(25)23-22(27)24-21(17)26)4-9-18(19)31-11-10-30-16-7-5-15(28-2)6-8-16/h4-9,12-13H,3,10-11H2,1-2H3,(H2,23,24,25,26,27). The number of hydrogen-bond donors (Lipinski definition) is 2. The summed E-state index contributed by atoms with van der Waals surface area (Å²) in [4.78, 5) is 34.9. The Hall–Kier alpha value is -4.01. The van der Waals surface area contributed by atoms with Gasteiger partial charge in [-0.05, 0) is 55.0 Å². The smallest absolute Gasteiger partial charge is 0.328 e. The number of methoxy groups -OCH3 is 1. The van der Waals surface area contributed by atoms with Gasteiger partial charge in [-0.2, -0.15) is 0 Å². The molecule has 0 saturated carbocycles. The van der Waals surface area contributed by atoms with Crippen molar-refractivity contribution in [3.8, 4) is 23.0 Å². The minimum atomic E-state index is -0.845. The lowest BCUT2D eigenvalue weighted by Crippen LogP contribution is -2.51. The lowest BCUT2D eigenvalue weighted by atomic mass is 10.1. The number of carbonyl (C=O) groups is 3. The van der Waals surface area contributed by atoms with Gasteiger partial charge >= 0.3 is 6.03 Å². The fourth-order valence-corrected chi connectivity index (χ4v) is 2.76. The monoisotopic (exact) mass is 426 g/mol. The number of imide groups is 2. The van der Waals surface area contributed by atoms with Gasteiger partial charge < -0.3 is 18.9 Å². The van der Waals surface area contributed by atoms with Gasteiger partial charge in [0.2, 0.25) is 0 Å². The van der Waals surface area contributed by atoms with Crippen molar-refractivity contribution in [2.45, 2.75) is 6.92 Å². The second-order valence-electron chi connectivity index (χ2n) is 6.31. The van der Waals surface area contributed by atoms with Gasteiger partial charge in [-0.15, -0.1) is 0 Å². The lowest BCUT2D eigenvalue weighted by molar-refractivity contribution is -0.123. The molecule has 2 aromatic carbocycles. The molecule has 1 saturated heterocycles. The highest BCUT2D eigenvalue weighted by atomic mass is 16.5. The molecule has 0 spiro atoms. The maximum absolute atomic E-state index is 11.9. The van der Waals surface area contributed by atoms with Gasteiger partial charge in [0.1, 0.15) is 30.3 Å². The number of amides is 4. The molecule has 0 radical (unpaired) electrons. The fourth-order valence-electron chi connectivity index (χ4n) is 2.76. The molecule has 1 aliphatic rings. The minimum absolute atomic E-state index is 0.177. The van der Waals surface area contributed by atoms with Crippen molar-refractivity contribution in [3.63, 3.8) is 0 Å². The highest BCUT2D eigenvalue weighted by Crippen LogP contribution is 2.29. The van der Waals surface area contributed by atoms with Crippen LogP contribution in [-0.2, 0) is 9.59 Å². The molecule has 0 aliphatic carbocycles. The van der Waals surface area contributed by atoms with Crippen LogP contribution in [0.25, 0.3) is 6.08 Å². The van der Waals surface area contributed by atoms with Gasteiger partial charge in [-0.3, -0.25) is 20.2 Å². The molecule has 3 rings (SSSR count). The van der Waals surface area contributed by atoms with E-state index in [1.165, 1.54) is 6.08 Å². The van der Waals surface area contributed by atoms with E-state index in [4.69, 9.17) is 18.9 Å². The topological polar surface area (TPSA) is 112 Å². The van der Waals surface area contributed by atoms with E-state index in [9.17, 15) is 14.4 Å². The van der Waals surface area contributed by atoms with Crippen molar-refractivity contribution < 1.29 is 33.3 Å². The summed E-state index contributed by atoms with van der Waals surface area (Å²) >= 11 is 0. The van der Waals surface area contributed by atoms with Crippen LogP contribution in [0.3, 0.4) is 0 Å². The highest BCUT2D eigenvalue weighted by Gasteiger charge is 2.27. The van der Waals surface area contributed by atoms with Crippen LogP contribution in [-0.4, -0.2) is 44.8 Å². The van der Waals surface area contributed by atoms with E-state index in [-0.39, 0.29) is 12.2 Å². The highest BCUT2D eigenvalue weighted by molar-refractivity contribution is 6.31. The molecule has 162 valence electrons. The van der Waals surface area contributed by atoms with Gasteiger partial charge in [0.05, 0.1) is 13.7 Å². The molecule has 9 heteroatoms. The van der Waals surface area contributed by atoms with Crippen LogP contribution < -0.4 is 29.6 Å². The maximum Gasteiger partial charge on any atom is 0.328 e. The first-order valence-corrected chi connectivity index (χ1v) is 9.55. The third-order valence-electron chi connectivity index (χ3n) is 4.19. The average Bonchev–Trinajstić information content (AvgIpc) is 2.75. The molecule has 2 N–H and O–H groups in total. The number of nitrogens with one attached hydrogen (secondary N) is 2. The molecule has 4 amide bonds. The average molecular weight is 426 g/mol. The Balaban J connectivity index is 1.64. The van der Waals surface area contributed by atoms with Gasteiger partial charge in [0, 0.05) is 0 Å². The Labute approximate surface area is 178 Å². The van der Waals surface area contributed by atoms with E-state index in [1.807, 2.05) is 17.6 Å². The summed E-state index contributed by atoms with van der Waals surface area (Å²) < 4.78 is 22.1. The molecule has 9 nitrogen and oxygen atoms in total. The molecule has 1 fully saturated rings. The van der Waals surface area contributed by atoms with Crippen LogP contribution in [0.2, 0.25) is 0 Å². The third-order valence-corrected chi connectivity index (χ3v) is 4.19. The van der Waals surface area contributed by atoms with Gasteiger partial charge in [-0.25, -0.2) is 4.79 Å². The Morgan fingerprint density at radius 1 is 0.806 bits per heavy atom. The van der Waals surface area contributed by atoms with Crippen LogP contribution in [0.15, 0.2) is 48.0 Å². The predicted molar refractivity (Wildman–Crippen MR) is 111 cm³/mol. The number of rotatable bonds is 9. The van der Waals surface area contributed by atoms with Gasteiger partial charge in [-0.1, -0.05) is 6.07 Å². The number of hydrogen-bond acceptors (Lipinski definition) is 7. The number of urea groups is 1. The third kappa shape index (κ3) is 5.75. The molecule has 1 aliphatic heterocycles. The van der Waals surface area contributed by atoms with Crippen LogP contribution in [0.5, 0.6) is 23.0 Å². The second-order valence-corrected chi connectivity index (χ2v) is 6.31. The molecular formula is C22H22N2O7. The summed E-state index contributed by atoms with van der Waals surface area (Å²) in [5, 5.41) is 4.06. The van der Waals surface area contributed by atoms with Crippen molar-refractivity contribution in [1.29, 1.82) is 0 Å². The van der Waals surface area contributed by atoms with Crippen molar-refractivity contribution in [2.75, 3.05) is 26.9 Å². The Morgan fingerprint density at radius 3 is 2.10 bits per heavy atom. The first kappa shape index (κ1) is 21.7. The van der Waals surface area contributed by atoms with E-state index >= 15 is 0 Å². The van der Waals surface area contributed by atoms with Crippen molar-refractivity contribution in [3.05, 3.63) is 53.6 Å². The van der Waals surface area contributed by atoms with Crippen molar-refractivity contribution >= 4 is 23.9 Å². The molecule has 1 heterocycles. The zero-order valence-corrected chi connectivity index (χ0v) is 17.1. The lowest BCUT2D eigenvalue weighted by Gasteiger charge is -2.15. The second kappa shape index (κ2) is 10.1. The predicted octanol–water partition coefficient (Wildman–Crippen LogP) is 2.30. The van der Waals surface area contributed by atoms with Crippen LogP contribution >= 0.6 is 0 Å². The first-order chi connectivity index (χ1) is 15.0. The fraction of sp³-hybridized carbons (Fsp3) is 0.227. The van der Waals surface area contributed by atoms with Gasteiger partial charge in [0.15, 0.2) is 11.5 Å². The van der Waals surface area contributed by atoms with E-state index < -0.39 is 17.8 Å². The number of ether oxygens (including phenoxy) is 4. The van der Waals surface area contributed by atoms with E-state index in [0.29, 0.717) is 36.0 Å². The Bertz CT molecular complexity index is 977. The largest absolute Gasteiger partial charge is 0.497 e. The summed E-state index contributed by atoms with van der Waals surface area (Å²) in [6.45, 7) is 2.82. The summed E-state index contributed by atoms with van der Waals surface area (Å²) in [5.74, 6) is 0.864. The Morgan fingerprint density at radius 2 is 1.45 bits per heavy atom. The van der Waals surface area contributed by atoms with E-state index in [2.05, 4.69) is 0 Å².